The largest absolute Gasteiger partial charge is 0.383 e. The van der Waals surface area contributed by atoms with E-state index in [1.165, 1.54) is 0 Å². The summed E-state index contributed by atoms with van der Waals surface area (Å²) in [4.78, 5) is 40.5. The van der Waals surface area contributed by atoms with Crippen molar-refractivity contribution in [1.82, 2.24) is 15.5 Å². The number of benzene rings is 2. The summed E-state index contributed by atoms with van der Waals surface area (Å²) in [6, 6.07) is 14.1. The van der Waals surface area contributed by atoms with Crippen molar-refractivity contribution in [2.45, 2.75) is 32.7 Å². The fourth-order valence-corrected chi connectivity index (χ4v) is 4.03. The lowest BCUT2D eigenvalue weighted by molar-refractivity contribution is -0.124. The third-order valence-corrected chi connectivity index (χ3v) is 6.08. The van der Waals surface area contributed by atoms with Crippen molar-refractivity contribution in [2.75, 3.05) is 33.4 Å². The minimum Gasteiger partial charge on any atom is -0.383 e. The van der Waals surface area contributed by atoms with Gasteiger partial charge in [0.25, 0.3) is 11.8 Å². The van der Waals surface area contributed by atoms with Crippen LogP contribution in [0.5, 0.6) is 0 Å². The summed E-state index contributed by atoms with van der Waals surface area (Å²) in [7, 11) is 1.57. The zero-order valence-corrected chi connectivity index (χ0v) is 19.6. The highest BCUT2D eigenvalue weighted by Crippen LogP contribution is 2.23. The van der Waals surface area contributed by atoms with Crippen molar-refractivity contribution >= 4 is 17.7 Å². The highest BCUT2D eigenvalue weighted by atomic mass is 16.5. The summed E-state index contributed by atoms with van der Waals surface area (Å²) in [5.41, 5.74) is 3.35. The van der Waals surface area contributed by atoms with Gasteiger partial charge in [0.05, 0.1) is 6.61 Å². The van der Waals surface area contributed by atoms with Gasteiger partial charge in [-0.2, -0.15) is 0 Å². The standard InChI is InChI=1S/C26H33N3O4/c1-18-4-8-21(9-5-18)24(30)28-23(25(31)27-14-17-33-3)20-12-15-29(16-13-20)26(32)22-10-6-19(2)7-11-22/h4-11,20,23H,12-17H2,1-3H3,(H,27,31)(H,28,30). The molecule has 1 unspecified atom stereocenters. The molecule has 7 nitrogen and oxygen atoms in total. The van der Waals surface area contributed by atoms with Crippen molar-refractivity contribution in [1.29, 1.82) is 0 Å². The molecule has 0 bridgehead atoms. The zero-order valence-electron chi connectivity index (χ0n) is 19.6. The van der Waals surface area contributed by atoms with Gasteiger partial charge in [-0.15, -0.1) is 0 Å². The second kappa shape index (κ2) is 11.6. The molecule has 1 atom stereocenters. The minimum absolute atomic E-state index is 0.00163. The molecule has 7 heteroatoms. The van der Waals surface area contributed by atoms with Gasteiger partial charge in [0.2, 0.25) is 5.91 Å². The number of nitrogens with zero attached hydrogens (tertiary/aromatic N) is 1. The molecule has 3 rings (SSSR count). The first-order valence-corrected chi connectivity index (χ1v) is 11.4. The van der Waals surface area contributed by atoms with Crippen molar-refractivity contribution in [3.05, 3.63) is 70.8 Å². The van der Waals surface area contributed by atoms with Crippen LogP contribution < -0.4 is 10.6 Å². The van der Waals surface area contributed by atoms with Gasteiger partial charge in [-0.1, -0.05) is 35.4 Å². The van der Waals surface area contributed by atoms with E-state index in [-0.39, 0.29) is 23.6 Å². The predicted octanol–water partition coefficient (Wildman–Crippen LogP) is 2.72. The molecule has 3 amide bonds. The highest BCUT2D eigenvalue weighted by molar-refractivity contribution is 5.97. The Morgan fingerprint density at radius 2 is 1.48 bits per heavy atom. The second-order valence-corrected chi connectivity index (χ2v) is 8.60. The average Bonchev–Trinajstić information content (AvgIpc) is 2.83. The number of nitrogens with one attached hydrogen (secondary N) is 2. The number of piperidine rings is 1. The number of aryl methyl sites for hydroxylation is 2. The van der Waals surface area contributed by atoms with Gasteiger partial charge < -0.3 is 20.3 Å². The topological polar surface area (TPSA) is 87.7 Å². The number of carbonyl (C=O) groups excluding carboxylic acids is 3. The van der Waals surface area contributed by atoms with Crippen molar-refractivity contribution in [3.63, 3.8) is 0 Å². The van der Waals surface area contributed by atoms with Crippen LogP contribution in [0, 0.1) is 19.8 Å². The SMILES string of the molecule is COCCNC(=O)C(NC(=O)c1ccc(C)cc1)C1CCN(C(=O)c2ccc(C)cc2)CC1. The number of rotatable bonds is 8. The van der Waals surface area contributed by atoms with Gasteiger partial charge in [-0.25, -0.2) is 0 Å². The lowest BCUT2D eigenvalue weighted by Gasteiger charge is -2.36. The Morgan fingerprint density at radius 1 is 0.939 bits per heavy atom. The maximum Gasteiger partial charge on any atom is 0.253 e. The van der Waals surface area contributed by atoms with Crippen molar-refractivity contribution in [3.8, 4) is 0 Å². The number of methoxy groups -OCH3 is 1. The molecule has 1 aliphatic rings. The van der Waals surface area contributed by atoms with Gasteiger partial charge >= 0.3 is 0 Å². The quantitative estimate of drug-likeness (QED) is 0.604. The lowest BCUT2D eigenvalue weighted by Crippen LogP contribution is -2.54. The van der Waals surface area contributed by atoms with Crippen LogP contribution in [0.25, 0.3) is 0 Å². The maximum absolute atomic E-state index is 12.9. The van der Waals surface area contributed by atoms with Gasteiger partial charge in [-0.3, -0.25) is 14.4 Å². The van der Waals surface area contributed by atoms with Crippen LogP contribution in [0.3, 0.4) is 0 Å². The Labute approximate surface area is 195 Å². The first-order valence-electron chi connectivity index (χ1n) is 11.4. The molecular weight excluding hydrogens is 418 g/mol. The molecular formula is C26H33N3O4. The Kier molecular flexibility index (Phi) is 8.60. The normalized spacial score (nSPS) is 15.1. The molecule has 176 valence electrons. The van der Waals surface area contributed by atoms with Crippen LogP contribution in [0.2, 0.25) is 0 Å². The van der Waals surface area contributed by atoms with E-state index in [1.807, 2.05) is 55.1 Å². The average molecular weight is 452 g/mol. The zero-order chi connectivity index (χ0) is 23.8. The van der Waals surface area contributed by atoms with Crippen LogP contribution >= 0.6 is 0 Å². The second-order valence-electron chi connectivity index (χ2n) is 8.60. The summed E-state index contributed by atoms with van der Waals surface area (Å²) in [5.74, 6) is -0.571. The Bertz CT molecular complexity index is 949. The van der Waals surface area contributed by atoms with Crippen LogP contribution in [0.1, 0.15) is 44.7 Å². The van der Waals surface area contributed by atoms with Crippen LogP contribution in [0.4, 0.5) is 0 Å². The van der Waals surface area contributed by atoms with Crippen molar-refractivity contribution < 1.29 is 19.1 Å². The molecule has 2 N–H and O–H groups in total. The molecule has 0 spiro atoms. The third-order valence-electron chi connectivity index (χ3n) is 6.08. The van der Waals surface area contributed by atoms with E-state index in [9.17, 15) is 14.4 Å². The lowest BCUT2D eigenvalue weighted by atomic mass is 9.88. The first-order chi connectivity index (χ1) is 15.9. The third kappa shape index (κ3) is 6.65. The molecule has 0 aromatic heterocycles. The fraction of sp³-hybridized carbons (Fsp3) is 0.423. The van der Waals surface area contributed by atoms with E-state index in [0.717, 1.165) is 11.1 Å². The van der Waals surface area contributed by atoms with Crippen LogP contribution in [0.15, 0.2) is 48.5 Å². The van der Waals surface area contributed by atoms with E-state index in [1.54, 1.807) is 19.2 Å². The highest BCUT2D eigenvalue weighted by Gasteiger charge is 2.34. The number of likely N-dealkylation sites (tertiary alicyclic amines) is 1. The van der Waals surface area contributed by atoms with Crippen LogP contribution in [-0.2, 0) is 9.53 Å². The molecule has 2 aromatic rings. The molecule has 0 aliphatic carbocycles. The van der Waals surface area contributed by atoms with Crippen molar-refractivity contribution in [2.24, 2.45) is 5.92 Å². The van der Waals surface area contributed by atoms with Gasteiger partial charge in [0.1, 0.15) is 6.04 Å². The number of ether oxygens (including phenoxy) is 1. The van der Waals surface area contributed by atoms with Gasteiger partial charge in [-0.05, 0) is 56.9 Å². The Balaban J connectivity index is 1.66. The van der Waals surface area contributed by atoms with Gasteiger partial charge in [0, 0.05) is 37.9 Å². The smallest absolute Gasteiger partial charge is 0.253 e. The molecule has 33 heavy (non-hydrogen) atoms. The molecule has 0 saturated carbocycles. The number of hydrogen-bond acceptors (Lipinski definition) is 4. The fourth-order valence-electron chi connectivity index (χ4n) is 4.03. The summed E-state index contributed by atoms with van der Waals surface area (Å²) < 4.78 is 5.02. The minimum atomic E-state index is -0.674. The van der Waals surface area contributed by atoms with Crippen LogP contribution in [-0.4, -0.2) is 62.0 Å². The van der Waals surface area contributed by atoms with E-state index in [2.05, 4.69) is 10.6 Å². The van der Waals surface area contributed by atoms with E-state index in [4.69, 9.17) is 4.74 Å². The molecule has 1 aliphatic heterocycles. The number of carbonyl (C=O) groups is 3. The summed E-state index contributed by atoms with van der Waals surface area (Å²) in [6.45, 7) is 5.80. The number of hydrogen-bond donors (Lipinski definition) is 2. The van der Waals surface area contributed by atoms with E-state index < -0.39 is 6.04 Å². The molecule has 1 heterocycles. The maximum atomic E-state index is 12.9. The summed E-state index contributed by atoms with van der Waals surface area (Å²) in [6.07, 6.45) is 1.27. The molecule has 2 aromatic carbocycles. The van der Waals surface area contributed by atoms with E-state index in [0.29, 0.717) is 50.2 Å². The van der Waals surface area contributed by atoms with Gasteiger partial charge in [0.15, 0.2) is 0 Å². The molecule has 1 fully saturated rings. The van der Waals surface area contributed by atoms with E-state index >= 15 is 0 Å². The summed E-state index contributed by atoms with van der Waals surface area (Å²) >= 11 is 0. The Hall–Kier alpha value is -3.19. The Morgan fingerprint density at radius 3 is 2.03 bits per heavy atom. The molecule has 0 radical (unpaired) electrons. The summed E-state index contributed by atoms with van der Waals surface area (Å²) in [5, 5.41) is 5.79. The predicted molar refractivity (Wildman–Crippen MR) is 127 cm³/mol. The first kappa shape index (κ1) is 24.5. The monoisotopic (exact) mass is 451 g/mol. The molecule has 1 saturated heterocycles. The number of amides is 3.